The maximum atomic E-state index is 9.56. The van der Waals surface area contributed by atoms with Gasteiger partial charge in [-0.3, -0.25) is 4.55 Å². The number of rotatable bonds is 2. The zero-order valence-corrected chi connectivity index (χ0v) is 12.4. The predicted octanol–water partition coefficient (Wildman–Crippen LogP) is 3.27. The molecule has 2 rings (SSSR count). The molecule has 0 fully saturated rings. The van der Waals surface area contributed by atoms with Crippen LogP contribution >= 0.6 is 23.2 Å². The fraction of sp³-hybridized carbons (Fsp3) is 0.300. The topological polar surface area (TPSA) is 89.6 Å². The second kappa shape index (κ2) is 6.53. The van der Waals surface area contributed by atoms with Gasteiger partial charge in [-0.25, -0.2) is 9.17 Å². The lowest BCUT2D eigenvalue weighted by Crippen LogP contribution is -2.01. The van der Waals surface area contributed by atoms with Crippen molar-refractivity contribution in [2.75, 3.05) is 6.61 Å². The molecule has 0 saturated heterocycles. The normalized spacial score (nSPS) is 11.2. The quantitative estimate of drug-likeness (QED) is 0.851. The predicted molar refractivity (Wildman–Crippen MR) is 71.9 cm³/mol. The van der Waals surface area contributed by atoms with Crippen LogP contribution in [0, 0.1) is 6.92 Å². The van der Waals surface area contributed by atoms with Crippen LogP contribution < -0.4 is 0 Å². The summed E-state index contributed by atoms with van der Waals surface area (Å²) < 4.78 is 35.9. The molecule has 1 aromatic carbocycles. The lowest BCUT2D eigenvalue weighted by molar-refractivity contribution is 0.283. The van der Waals surface area contributed by atoms with E-state index in [2.05, 4.69) is 9.17 Å². The number of hydrogen-bond acceptors (Lipinski definition) is 5. The Hall–Kier alpha value is -0.860. The zero-order valence-electron chi connectivity index (χ0n) is 10.1. The third kappa shape index (κ3) is 5.33. The van der Waals surface area contributed by atoms with Gasteiger partial charge in [-0.15, -0.1) is 0 Å². The summed E-state index contributed by atoms with van der Waals surface area (Å²) >= 11 is 11.6. The molecule has 2 aromatic rings. The van der Waals surface area contributed by atoms with Gasteiger partial charge in [0.25, 0.3) is 0 Å². The molecule has 0 atom stereocenters. The molecule has 1 heterocycles. The van der Waals surface area contributed by atoms with Crippen LogP contribution in [0.2, 0.25) is 10.0 Å². The van der Waals surface area contributed by atoms with Crippen LogP contribution in [-0.4, -0.2) is 24.6 Å². The first-order valence-electron chi connectivity index (χ1n) is 5.07. The summed E-state index contributed by atoms with van der Waals surface area (Å²) in [5.41, 5.74) is 1.29. The first kappa shape index (κ1) is 16.2. The Labute approximate surface area is 120 Å². The van der Waals surface area contributed by atoms with E-state index in [-0.39, 0.29) is 6.61 Å². The minimum atomic E-state index is -4.17. The van der Waals surface area contributed by atoms with Gasteiger partial charge >= 0.3 is 10.4 Å². The molecule has 9 heteroatoms. The number of nitrogens with zero attached hydrogens (tertiary/aromatic N) is 1. The van der Waals surface area contributed by atoms with Crippen LogP contribution in [0.1, 0.15) is 12.8 Å². The van der Waals surface area contributed by atoms with Gasteiger partial charge in [0.1, 0.15) is 5.52 Å². The van der Waals surface area contributed by atoms with Gasteiger partial charge in [0.15, 0.2) is 11.5 Å². The molecule has 106 valence electrons. The number of fused-ring (bicyclic) bond motifs is 1. The van der Waals surface area contributed by atoms with Crippen molar-refractivity contribution in [3.8, 4) is 0 Å². The maximum Gasteiger partial charge on any atom is 0.397 e. The summed E-state index contributed by atoms with van der Waals surface area (Å²) in [6, 6.07) is 3.36. The number of aromatic nitrogens is 1. The van der Waals surface area contributed by atoms with E-state index in [0.717, 1.165) is 0 Å². The van der Waals surface area contributed by atoms with E-state index in [1.165, 1.54) is 6.92 Å². The Morgan fingerprint density at radius 1 is 1.42 bits per heavy atom. The minimum Gasteiger partial charge on any atom is -0.439 e. The molecule has 0 radical (unpaired) electrons. The zero-order chi connectivity index (χ0) is 14.6. The maximum absolute atomic E-state index is 9.56. The molecule has 0 aliphatic carbocycles. The van der Waals surface area contributed by atoms with Gasteiger partial charge in [0.05, 0.1) is 11.6 Å². The van der Waals surface area contributed by atoms with Crippen molar-refractivity contribution in [2.45, 2.75) is 13.8 Å². The van der Waals surface area contributed by atoms with Crippen molar-refractivity contribution in [1.82, 2.24) is 4.98 Å². The molecule has 19 heavy (non-hydrogen) atoms. The third-order valence-corrected chi connectivity index (χ3v) is 2.82. The SMILES string of the molecule is CCOS(=O)(=O)O.Cc1nc2cc(Cl)cc(Cl)c2o1. The van der Waals surface area contributed by atoms with E-state index < -0.39 is 10.4 Å². The van der Waals surface area contributed by atoms with E-state index in [4.69, 9.17) is 32.2 Å². The Balaban J connectivity index is 0.000000224. The Morgan fingerprint density at radius 2 is 2.05 bits per heavy atom. The van der Waals surface area contributed by atoms with Crippen LogP contribution in [0.3, 0.4) is 0 Å². The average molecular weight is 328 g/mol. The van der Waals surface area contributed by atoms with Crippen LogP contribution in [0.25, 0.3) is 11.1 Å². The van der Waals surface area contributed by atoms with E-state index in [1.807, 2.05) is 0 Å². The molecule has 1 N–H and O–H groups in total. The molecular formula is C10H11Cl2NO5S. The summed E-state index contributed by atoms with van der Waals surface area (Å²) in [7, 11) is -4.17. The van der Waals surface area contributed by atoms with Gasteiger partial charge in [0.2, 0.25) is 0 Å². The highest BCUT2D eigenvalue weighted by Gasteiger charge is 2.07. The smallest absolute Gasteiger partial charge is 0.397 e. The van der Waals surface area contributed by atoms with Gasteiger partial charge in [-0.2, -0.15) is 8.42 Å². The molecule has 1 aromatic heterocycles. The van der Waals surface area contributed by atoms with Crippen molar-refractivity contribution in [1.29, 1.82) is 0 Å². The highest BCUT2D eigenvalue weighted by atomic mass is 35.5. The Kier molecular flexibility index (Phi) is 5.57. The largest absolute Gasteiger partial charge is 0.439 e. The summed E-state index contributed by atoms with van der Waals surface area (Å²) in [5, 5.41) is 1.07. The van der Waals surface area contributed by atoms with Gasteiger partial charge in [-0.1, -0.05) is 23.2 Å². The molecule has 0 spiro atoms. The molecule has 0 aliphatic rings. The Morgan fingerprint density at radius 3 is 2.53 bits per heavy atom. The highest BCUT2D eigenvalue weighted by Crippen LogP contribution is 2.27. The van der Waals surface area contributed by atoms with Crippen molar-refractivity contribution >= 4 is 44.7 Å². The minimum absolute atomic E-state index is 0.0289. The van der Waals surface area contributed by atoms with E-state index >= 15 is 0 Å². The molecular weight excluding hydrogens is 317 g/mol. The molecule has 0 saturated carbocycles. The van der Waals surface area contributed by atoms with Crippen LogP contribution in [0.4, 0.5) is 0 Å². The lowest BCUT2D eigenvalue weighted by atomic mass is 10.3. The summed E-state index contributed by atoms with van der Waals surface area (Å²) in [4.78, 5) is 4.10. The van der Waals surface area contributed by atoms with Crippen molar-refractivity contribution in [3.63, 3.8) is 0 Å². The molecule has 0 aliphatic heterocycles. The first-order chi connectivity index (χ1) is 8.73. The van der Waals surface area contributed by atoms with E-state index in [1.54, 1.807) is 19.1 Å². The molecule has 6 nitrogen and oxygen atoms in total. The summed E-state index contributed by atoms with van der Waals surface area (Å²) in [6.45, 7) is 3.21. The number of aryl methyl sites for hydroxylation is 1. The second-order valence-corrected chi connectivity index (χ2v) is 5.24. The first-order valence-corrected chi connectivity index (χ1v) is 7.19. The third-order valence-electron chi connectivity index (χ3n) is 1.78. The van der Waals surface area contributed by atoms with Crippen LogP contribution in [0.5, 0.6) is 0 Å². The summed E-state index contributed by atoms with van der Waals surface area (Å²) in [5.74, 6) is 0.592. The standard InChI is InChI=1S/C8H5Cl2NO.C2H6O4S/c1-4-11-7-3-5(9)2-6(10)8(7)12-4;1-2-6-7(3,4)5/h2-3H,1H3;2H2,1H3,(H,3,4,5). The van der Waals surface area contributed by atoms with Crippen molar-refractivity contribution in [2.24, 2.45) is 0 Å². The lowest BCUT2D eigenvalue weighted by Gasteiger charge is -1.91. The summed E-state index contributed by atoms with van der Waals surface area (Å²) in [6.07, 6.45) is 0. The van der Waals surface area contributed by atoms with E-state index in [0.29, 0.717) is 27.0 Å². The fourth-order valence-electron chi connectivity index (χ4n) is 1.22. The molecule has 0 bridgehead atoms. The number of hydrogen-bond donors (Lipinski definition) is 1. The fourth-order valence-corrected chi connectivity index (χ4v) is 2.04. The number of benzene rings is 1. The highest BCUT2D eigenvalue weighted by molar-refractivity contribution is 7.80. The number of oxazole rings is 1. The van der Waals surface area contributed by atoms with Crippen LogP contribution in [0.15, 0.2) is 16.5 Å². The van der Waals surface area contributed by atoms with Crippen molar-refractivity contribution in [3.05, 3.63) is 28.1 Å². The molecule has 0 amide bonds. The van der Waals surface area contributed by atoms with Crippen molar-refractivity contribution < 1.29 is 21.6 Å². The second-order valence-electron chi connectivity index (χ2n) is 3.30. The number of halogens is 2. The molecule has 0 unspecified atom stereocenters. The van der Waals surface area contributed by atoms with Gasteiger partial charge < -0.3 is 4.42 Å². The monoisotopic (exact) mass is 327 g/mol. The van der Waals surface area contributed by atoms with Gasteiger partial charge in [0, 0.05) is 11.9 Å². The van der Waals surface area contributed by atoms with Gasteiger partial charge in [-0.05, 0) is 19.1 Å². The average Bonchev–Trinajstić information content (AvgIpc) is 2.57. The Bertz CT molecular complexity index is 668. The van der Waals surface area contributed by atoms with E-state index in [9.17, 15) is 8.42 Å². The van der Waals surface area contributed by atoms with Crippen LogP contribution in [-0.2, 0) is 14.6 Å².